The van der Waals surface area contributed by atoms with Crippen LogP contribution < -0.4 is 4.90 Å². The minimum absolute atomic E-state index is 0.656. The van der Waals surface area contributed by atoms with Gasteiger partial charge in [-0.25, -0.2) is 9.98 Å². The van der Waals surface area contributed by atoms with E-state index in [-0.39, 0.29) is 0 Å². The molecule has 1 fully saturated rings. The first kappa shape index (κ1) is 17.9. The minimum atomic E-state index is 0.656. The highest BCUT2D eigenvalue weighted by molar-refractivity contribution is 8.01. The molecule has 25 heavy (non-hydrogen) atoms. The van der Waals surface area contributed by atoms with Crippen LogP contribution in [0, 0.1) is 0 Å². The maximum atomic E-state index is 4.37. The van der Waals surface area contributed by atoms with Crippen LogP contribution in [-0.4, -0.2) is 31.5 Å². The molecule has 1 aromatic carbocycles. The lowest BCUT2D eigenvalue weighted by molar-refractivity contribution is 0.578. The third kappa shape index (κ3) is 4.80. The Morgan fingerprint density at radius 1 is 1.28 bits per heavy atom. The van der Waals surface area contributed by atoms with Crippen LogP contribution in [0.2, 0.25) is 0 Å². The number of nitrogens with zero attached hydrogens (tertiary/aromatic N) is 4. The normalized spacial score (nSPS) is 15.2. The molecule has 0 radical (unpaired) electrons. The molecule has 1 saturated heterocycles. The summed E-state index contributed by atoms with van der Waals surface area (Å²) in [5, 5.41) is 4.61. The number of piperidine rings is 1. The predicted octanol–water partition coefficient (Wildman–Crippen LogP) is 5.40. The van der Waals surface area contributed by atoms with Crippen molar-refractivity contribution >= 4 is 53.0 Å². The summed E-state index contributed by atoms with van der Waals surface area (Å²) in [6.07, 6.45) is 3.95. The Balaban J connectivity index is 1.64. The second-order valence-corrected chi connectivity index (χ2v) is 7.56. The fourth-order valence-corrected chi connectivity index (χ4v) is 4.27. The van der Waals surface area contributed by atoms with Crippen molar-refractivity contribution in [2.45, 2.75) is 25.0 Å². The summed E-state index contributed by atoms with van der Waals surface area (Å²) in [5.41, 5.74) is 4.24. The molecule has 0 amide bonds. The Kier molecular flexibility index (Phi) is 6.42. The molecule has 0 saturated carbocycles. The topological polar surface area (TPSA) is 40.9 Å². The van der Waals surface area contributed by atoms with Crippen molar-refractivity contribution in [2.24, 2.45) is 9.98 Å². The smallest absolute Gasteiger partial charge is 0.209 e. The number of thioether (sulfide) groups is 1. The van der Waals surface area contributed by atoms with Crippen LogP contribution in [0.5, 0.6) is 0 Å². The van der Waals surface area contributed by atoms with Crippen molar-refractivity contribution in [2.75, 3.05) is 18.0 Å². The van der Waals surface area contributed by atoms with Gasteiger partial charge in [0, 0.05) is 29.9 Å². The van der Waals surface area contributed by atoms with Gasteiger partial charge in [0.2, 0.25) is 5.13 Å². The minimum Gasteiger partial charge on any atom is -0.372 e. The first-order valence-corrected chi connectivity index (χ1v) is 10.3. The fourth-order valence-electron chi connectivity index (χ4n) is 2.85. The highest BCUT2D eigenvalue weighted by Gasteiger charge is 2.11. The molecular weight excluding hydrogens is 348 g/mol. The van der Waals surface area contributed by atoms with Crippen LogP contribution in [0.25, 0.3) is 5.70 Å². The van der Waals surface area contributed by atoms with Crippen molar-refractivity contribution in [3.05, 3.63) is 46.3 Å². The van der Waals surface area contributed by atoms with Gasteiger partial charge in [0.05, 0.1) is 5.70 Å². The molecular formula is C19H22N4S2. The van der Waals surface area contributed by atoms with E-state index < -0.39 is 0 Å². The molecule has 1 aliphatic heterocycles. The number of aliphatic imine (C=N–C) groups is 2. The first-order chi connectivity index (χ1) is 12.3. The van der Waals surface area contributed by atoms with E-state index in [9.17, 15) is 0 Å². The second kappa shape index (κ2) is 8.97. The van der Waals surface area contributed by atoms with Gasteiger partial charge in [-0.2, -0.15) is 0 Å². The summed E-state index contributed by atoms with van der Waals surface area (Å²) < 4.78 is 0. The molecule has 0 bridgehead atoms. The molecule has 0 aliphatic carbocycles. The molecule has 0 N–H and O–H groups in total. The third-order valence-electron chi connectivity index (χ3n) is 4.14. The van der Waals surface area contributed by atoms with Crippen molar-refractivity contribution < 1.29 is 0 Å². The van der Waals surface area contributed by atoms with Gasteiger partial charge < -0.3 is 4.90 Å². The van der Waals surface area contributed by atoms with E-state index in [4.69, 9.17) is 0 Å². The molecule has 2 heterocycles. The maximum Gasteiger partial charge on any atom is 0.209 e. The second-order valence-electron chi connectivity index (χ2n) is 5.86. The Hall–Kier alpha value is -1.92. The van der Waals surface area contributed by atoms with Gasteiger partial charge in [0.1, 0.15) is 5.69 Å². The van der Waals surface area contributed by atoms with Crippen LogP contribution in [-0.2, 0) is 5.75 Å². The lowest BCUT2D eigenvalue weighted by Crippen LogP contribution is -2.29. The van der Waals surface area contributed by atoms with Crippen molar-refractivity contribution in [1.29, 1.82) is 0 Å². The summed E-state index contributed by atoms with van der Waals surface area (Å²) >= 11 is 3.17. The van der Waals surface area contributed by atoms with Gasteiger partial charge in [-0.15, -0.1) is 23.1 Å². The number of rotatable bonds is 7. The Labute approximate surface area is 157 Å². The number of aromatic nitrogens is 1. The van der Waals surface area contributed by atoms with Crippen LogP contribution in [0.1, 0.15) is 30.5 Å². The Bertz CT molecular complexity index is 760. The highest BCUT2D eigenvalue weighted by atomic mass is 32.2. The molecule has 130 valence electrons. The lowest BCUT2D eigenvalue weighted by Gasteiger charge is -2.29. The van der Waals surface area contributed by atoms with Crippen LogP contribution in [0.3, 0.4) is 0 Å². The van der Waals surface area contributed by atoms with Gasteiger partial charge in [0.25, 0.3) is 0 Å². The van der Waals surface area contributed by atoms with E-state index >= 15 is 0 Å². The van der Waals surface area contributed by atoms with E-state index in [2.05, 4.69) is 57.6 Å². The third-order valence-corrected chi connectivity index (χ3v) is 5.80. The van der Waals surface area contributed by atoms with E-state index in [0.29, 0.717) is 5.13 Å². The monoisotopic (exact) mass is 370 g/mol. The zero-order valence-electron chi connectivity index (χ0n) is 14.2. The molecule has 4 nitrogen and oxygen atoms in total. The number of thiazole rings is 1. The zero-order chi connectivity index (χ0) is 17.5. The van der Waals surface area contributed by atoms with E-state index in [1.807, 2.05) is 10.8 Å². The van der Waals surface area contributed by atoms with Gasteiger partial charge in [-0.1, -0.05) is 12.1 Å². The van der Waals surface area contributed by atoms with E-state index in [0.717, 1.165) is 17.1 Å². The number of hydrogen-bond acceptors (Lipinski definition) is 6. The van der Waals surface area contributed by atoms with Gasteiger partial charge in [-0.05, 0) is 55.8 Å². The average molecular weight is 371 g/mol. The van der Waals surface area contributed by atoms with Gasteiger partial charge >= 0.3 is 0 Å². The highest BCUT2D eigenvalue weighted by Crippen LogP contribution is 2.28. The fraction of sp³-hybridized carbons (Fsp3) is 0.316. The summed E-state index contributed by atoms with van der Waals surface area (Å²) in [6.45, 7) is 9.50. The van der Waals surface area contributed by atoms with Crippen LogP contribution >= 0.6 is 23.1 Å². The molecule has 1 aromatic heterocycles. The summed E-state index contributed by atoms with van der Waals surface area (Å²) in [7, 11) is 0. The van der Waals surface area contributed by atoms with Crippen LogP contribution in [0.4, 0.5) is 10.8 Å². The number of benzene rings is 1. The summed E-state index contributed by atoms with van der Waals surface area (Å²) in [5.74, 6) is 0.900. The summed E-state index contributed by atoms with van der Waals surface area (Å²) in [4.78, 5) is 14.8. The quantitative estimate of drug-likeness (QED) is 0.613. The SMILES string of the molecule is C=N/C(=C\SCc1cccc(N2CCCCC2)c1)c1csc(N=C)n1. The van der Waals surface area contributed by atoms with Gasteiger partial charge in [0.15, 0.2) is 0 Å². The molecule has 1 aliphatic rings. The summed E-state index contributed by atoms with van der Waals surface area (Å²) in [6, 6.07) is 8.84. The zero-order valence-corrected chi connectivity index (χ0v) is 15.9. The molecule has 0 spiro atoms. The molecule has 6 heteroatoms. The maximum absolute atomic E-state index is 4.37. The number of hydrogen-bond donors (Lipinski definition) is 0. The molecule has 0 unspecified atom stereocenters. The van der Waals surface area contributed by atoms with Gasteiger partial charge in [-0.3, -0.25) is 4.99 Å². The lowest BCUT2D eigenvalue weighted by atomic mass is 10.1. The van der Waals surface area contributed by atoms with Crippen molar-refractivity contribution in [1.82, 2.24) is 4.98 Å². The number of anilines is 1. The first-order valence-electron chi connectivity index (χ1n) is 8.35. The average Bonchev–Trinajstić information content (AvgIpc) is 3.15. The van der Waals surface area contributed by atoms with E-state index in [1.165, 1.54) is 54.9 Å². The standard InChI is InChI=1S/C19H22N4S2/c1-20-17(18-14-25-19(21-2)22-18)13-24-12-15-7-6-8-16(11-15)23-9-4-3-5-10-23/h6-8,11,13-14H,1-5,9-10,12H2/b17-13-. The molecule has 0 atom stereocenters. The van der Waals surface area contributed by atoms with Crippen molar-refractivity contribution in [3.8, 4) is 0 Å². The molecule has 2 aromatic rings. The predicted molar refractivity (Wildman–Crippen MR) is 113 cm³/mol. The molecule has 3 rings (SSSR count). The van der Waals surface area contributed by atoms with Crippen LogP contribution in [0.15, 0.2) is 45.0 Å². The van der Waals surface area contributed by atoms with E-state index in [1.54, 1.807) is 11.8 Å². The largest absolute Gasteiger partial charge is 0.372 e. The Morgan fingerprint density at radius 3 is 2.84 bits per heavy atom. The van der Waals surface area contributed by atoms with Crippen molar-refractivity contribution in [3.63, 3.8) is 0 Å². The Morgan fingerprint density at radius 2 is 2.12 bits per heavy atom.